The van der Waals surface area contributed by atoms with Crippen molar-refractivity contribution in [3.63, 3.8) is 0 Å². The molecule has 1 aliphatic rings. The fourth-order valence-electron chi connectivity index (χ4n) is 3.75. The smallest absolute Gasteiger partial charge is 0.169 e. The molecule has 0 heterocycles. The molecule has 1 nitrogen and oxygen atoms in total. The summed E-state index contributed by atoms with van der Waals surface area (Å²) in [4.78, 5) is 13.3. The third-order valence-electron chi connectivity index (χ3n) is 5.26. The summed E-state index contributed by atoms with van der Waals surface area (Å²) in [6.07, 6.45) is 8.79. The van der Waals surface area contributed by atoms with E-state index in [-0.39, 0.29) is 5.41 Å². The van der Waals surface area contributed by atoms with Crippen LogP contribution in [0, 0.1) is 5.41 Å². The molecule has 0 bridgehead atoms. The van der Waals surface area contributed by atoms with Crippen molar-refractivity contribution in [2.75, 3.05) is 0 Å². The lowest BCUT2D eigenvalue weighted by Crippen LogP contribution is -2.32. The van der Waals surface area contributed by atoms with E-state index in [0.717, 1.165) is 37.7 Å². The summed E-state index contributed by atoms with van der Waals surface area (Å²) in [5, 5.41) is 0. The summed E-state index contributed by atoms with van der Waals surface area (Å²) in [5.74, 6) is 0.415. The fraction of sp³-hybridized carbons (Fsp3) is 0.650. The van der Waals surface area contributed by atoms with Crippen LogP contribution in [0.4, 0.5) is 0 Å². The highest BCUT2D eigenvalue weighted by Gasteiger charge is 2.36. The molecule has 0 unspecified atom stereocenters. The van der Waals surface area contributed by atoms with E-state index in [1.807, 2.05) is 0 Å². The monoisotopic (exact) mass is 286 g/mol. The van der Waals surface area contributed by atoms with Gasteiger partial charge in [0.05, 0.1) is 0 Å². The second-order valence-electron chi connectivity index (χ2n) is 6.80. The molecule has 1 heteroatoms. The van der Waals surface area contributed by atoms with Gasteiger partial charge in [-0.1, -0.05) is 59.1 Å². The normalized spacial score (nSPS) is 17.7. The van der Waals surface area contributed by atoms with Crippen LogP contribution in [0.2, 0.25) is 0 Å². The Balaban J connectivity index is 2.48. The van der Waals surface area contributed by atoms with Crippen LogP contribution in [0.15, 0.2) is 12.1 Å². The summed E-state index contributed by atoms with van der Waals surface area (Å²) in [6.45, 7) is 8.74. The van der Waals surface area contributed by atoms with Crippen LogP contribution < -0.4 is 0 Å². The number of hydrogen-bond donors (Lipinski definition) is 0. The van der Waals surface area contributed by atoms with E-state index < -0.39 is 0 Å². The van der Waals surface area contributed by atoms with Gasteiger partial charge in [-0.15, -0.1) is 0 Å². The van der Waals surface area contributed by atoms with Gasteiger partial charge in [0.25, 0.3) is 0 Å². The SMILES string of the molecule is CCc1cc(CC)c(C(=O)C2(C)CCCCC2)c(CC)c1. The van der Waals surface area contributed by atoms with Crippen LogP contribution in [0.3, 0.4) is 0 Å². The maximum atomic E-state index is 13.3. The first-order chi connectivity index (χ1) is 10.1. The molecule has 0 aromatic heterocycles. The van der Waals surface area contributed by atoms with Gasteiger partial charge in [-0.2, -0.15) is 0 Å². The van der Waals surface area contributed by atoms with Gasteiger partial charge in [-0.05, 0) is 48.8 Å². The van der Waals surface area contributed by atoms with Crippen LogP contribution >= 0.6 is 0 Å². The van der Waals surface area contributed by atoms with Gasteiger partial charge in [-0.3, -0.25) is 4.79 Å². The highest BCUT2D eigenvalue weighted by Crippen LogP contribution is 2.40. The number of carbonyl (C=O) groups is 1. The Labute approximate surface area is 130 Å². The quantitative estimate of drug-likeness (QED) is 0.651. The van der Waals surface area contributed by atoms with Gasteiger partial charge < -0.3 is 0 Å². The van der Waals surface area contributed by atoms with E-state index in [1.165, 1.54) is 36.0 Å². The summed E-state index contributed by atoms with van der Waals surface area (Å²) < 4.78 is 0. The van der Waals surface area contributed by atoms with Crippen molar-refractivity contribution < 1.29 is 4.79 Å². The minimum Gasteiger partial charge on any atom is -0.294 e. The molecule has 1 fully saturated rings. The Morgan fingerprint density at radius 3 is 1.90 bits per heavy atom. The van der Waals surface area contributed by atoms with E-state index in [4.69, 9.17) is 0 Å². The molecule has 1 aliphatic carbocycles. The van der Waals surface area contributed by atoms with E-state index >= 15 is 0 Å². The third-order valence-corrected chi connectivity index (χ3v) is 5.26. The Hall–Kier alpha value is -1.11. The van der Waals surface area contributed by atoms with Crippen LogP contribution in [0.5, 0.6) is 0 Å². The van der Waals surface area contributed by atoms with E-state index in [2.05, 4.69) is 39.8 Å². The Morgan fingerprint density at radius 2 is 1.48 bits per heavy atom. The molecule has 116 valence electrons. The number of hydrogen-bond acceptors (Lipinski definition) is 1. The maximum absolute atomic E-state index is 13.3. The maximum Gasteiger partial charge on any atom is 0.169 e. The number of carbonyl (C=O) groups excluding carboxylic acids is 1. The highest BCUT2D eigenvalue weighted by molar-refractivity contribution is 6.03. The molecule has 0 spiro atoms. The molecule has 2 rings (SSSR count). The van der Waals surface area contributed by atoms with Crippen molar-refractivity contribution in [2.45, 2.75) is 79.1 Å². The minimum absolute atomic E-state index is 0.125. The second kappa shape index (κ2) is 6.77. The first-order valence-corrected chi connectivity index (χ1v) is 8.75. The van der Waals surface area contributed by atoms with Crippen molar-refractivity contribution in [1.29, 1.82) is 0 Å². The molecule has 0 saturated heterocycles. The Kier molecular flexibility index (Phi) is 5.24. The average molecular weight is 286 g/mol. The number of ketones is 1. The fourth-order valence-corrected chi connectivity index (χ4v) is 3.75. The first kappa shape index (κ1) is 16.3. The van der Waals surface area contributed by atoms with Gasteiger partial charge in [0.15, 0.2) is 5.78 Å². The lowest BCUT2D eigenvalue weighted by molar-refractivity contribution is 0.0747. The standard InChI is InChI=1S/C20H30O/c1-5-15-13-16(6-2)18(17(7-3)14-15)19(21)20(4)11-9-8-10-12-20/h13-14H,5-12H2,1-4H3. The highest BCUT2D eigenvalue weighted by atomic mass is 16.1. The van der Waals surface area contributed by atoms with E-state index in [9.17, 15) is 4.79 Å². The molecular formula is C20H30O. The zero-order valence-corrected chi connectivity index (χ0v) is 14.2. The molecule has 0 radical (unpaired) electrons. The van der Waals surface area contributed by atoms with Crippen molar-refractivity contribution in [1.82, 2.24) is 0 Å². The van der Waals surface area contributed by atoms with Crippen molar-refractivity contribution >= 4 is 5.78 Å². The minimum atomic E-state index is -0.125. The third kappa shape index (κ3) is 3.22. The lowest BCUT2D eigenvalue weighted by atomic mass is 9.69. The Bertz CT molecular complexity index is 482. The van der Waals surface area contributed by atoms with Gasteiger partial charge in [0.1, 0.15) is 0 Å². The molecule has 1 aromatic rings. The van der Waals surface area contributed by atoms with Crippen LogP contribution in [0.1, 0.15) is 86.8 Å². The molecule has 0 aliphatic heterocycles. The number of aryl methyl sites for hydroxylation is 3. The Morgan fingerprint density at radius 1 is 0.952 bits per heavy atom. The predicted molar refractivity (Wildman–Crippen MR) is 90.1 cm³/mol. The molecule has 0 N–H and O–H groups in total. The van der Waals surface area contributed by atoms with Gasteiger partial charge in [-0.25, -0.2) is 0 Å². The van der Waals surface area contributed by atoms with Crippen LogP contribution in [-0.4, -0.2) is 5.78 Å². The summed E-state index contributed by atoms with van der Waals surface area (Å²) in [6, 6.07) is 4.52. The van der Waals surface area contributed by atoms with E-state index in [0.29, 0.717) is 5.78 Å². The van der Waals surface area contributed by atoms with Crippen molar-refractivity contribution in [3.8, 4) is 0 Å². The molecule has 1 aromatic carbocycles. The van der Waals surface area contributed by atoms with Crippen molar-refractivity contribution in [3.05, 3.63) is 34.4 Å². The molecule has 0 atom stereocenters. The number of Topliss-reactive ketones (excluding diaryl/α,β-unsaturated/α-hetero) is 1. The van der Waals surface area contributed by atoms with Crippen molar-refractivity contribution in [2.24, 2.45) is 5.41 Å². The van der Waals surface area contributed by atoms with Gasteiger partial charge >= 0.3 is 0 Å². The van der Waals surface area contributed by atoms with Crippen LogP contribution in [-0.2, 0) is 19.3 Å². The largest absolute Gasteiger partial charge is 0.294 e. The summed E-state index contributed by atoms with van der Waals surface area (Å²) >= 11 is 0. The average Bonchev–Trinajstić information content (AvgIpc) is 2.53. The summed E-state index contributed by atoms with van der Waals surface area (Å²) in [7, 11) is 0. The zero-order valence-electron chi connectivity index (χ0n) is 14.2. The predicted octanol–water partition coefficient (Wildman–Crippen LogP) is 5.53. The summed E-state index contributed by atoms with van der Waals surface area (Å²) in [5.41, 5.74) is 4.83. The second-order valence-corrected chi connectivity index (χ2v) is 6.80. The topological polar surface area (TPSA) is 17.1 Å². The lowest BCUT2D eigenvalue weighted by Gasteiger charge is -2.33. The molecule has 1 saturated carbocycles. The molecular weight excluding hydrogens is 256 g/mol. The van der Waals surface area contributed by atoms with Gasteiger partial charge in [0, 0.05) is 11.0 Å². The van der Waals surface area contributed by atoms with E-state index in [1.54, 1.807) is 0 Å². The molecule has 0 amide bonds. The van der Waals surface area contributed by atoms with Crippen LogP contribution in [0.25, 0.3) is 0 Å². The first-order valence-electron chi connectivity index (χ1n) is 8.75. The van der Waals surface area contributed by atoms with Gasteiger partial charge in [0.2, 0.25) is 0 Å². The number of benzene rings is 1. The molecule has 21 heavy (non-hydrogen) atoms. The zero-order chi connectivity index (χ0) is 15.5. The number of rotatable bonds is 5.